The third-order valence-electron chi connectivity index (χ3n) is 3.12. The maximum Gasteiger partial charge on any atom is 0.327 e. The van der Waals surface area contributed by atoms with E-state index in [1.807, 2.05) is 42.8 Å². The summed E-state index contributed by atoms with van der Waals surface area (Å²) in [5, 5.41) is 3.26. The molecule has 0 saturated heterocycles. The Hall–Kier alpha value is -1.72. The smallest absolute Gasteiger partial charge is 0.327 e. The molecule has 1 atom stereocenters. The molecule has 0 bridgehead atoms. The highest BCUT2D eigenvalue weighted by Gasteiger charge is 2.20. The van der Waals surface area contributed by atoms with Gasteiger partial charge in [-0.3, -0.25) is 0 Å². The molecular weight excluding hydrogens is 272 g/mol. The number of nitrogens with zero attached hydrogens (tertiary/aromatic N) is 1. The van der Waals surface area contributed by atoms with Crippen molar-refractivity contribution < 1.29 is 9.53 Å². The number of hydrogen-bond acceptors (Lipinski definition) is 5. The molecule has 4 nitrogen and oxygen atoms in total. The van der Waals surface area contributed by atoms with E-state index < -0.39 is 6.04 Å². The monoisotopic (exact) mass is 290 g/mol. The first-order valence-corrected chi connectivity index (χ1v) is 7.35. The van der Waals surface area contributed by atoms with Crippen molar-refractivity contribution in [3.8, 4) is 0 Å². The van der Waals surface area contributed by atoms with Crippen LogP contribution >= 0.6 is 11.3 Å². The van der Waals surface area contributed by atoms with Gasteiger partial charge in [0.15, 0.2) is 0 Å². The zero-order chi connectivity index (χ0) is 14.4. The Labute approximate surface area is 122 Å². The van der Waals surface area contributed by atoms with E-state index in [2.05, 4.69) is 10.3 Å². The maximum atomic E-state index is 11.9. The van der Waals surface area contributed by atoms with Crippen molar-refractivity contribution >= 4 is 17.3 Å². The number of thiazole rings is 1. The number of ether oxygens (including phenoxy) is 1. The number of carbonyl (C=O) groups is 1. The van der Waals surface area contributed by atoms with Gasteiger partial charge in [0.2, 0.25) is 0 Å². The fraction of sp³-hybridized carbons (Fsp3) is 0.333. The molecule has 1 N–H and O–H groups in total. The molecule has 0 amide bonds. The number of carbonyl (C=O) groups excluding carboxylic acids is 1. The third kappa shape index (κ3) is 3.65. The number of esters is 1. The highest BCUT2D eigenvalue weighted by Crippen LogP contribution is 2.16. The summed E-state index contributed by atoms with van der Waals surface area (Å²) >= 11 is 1.64. The minimum absolute atomic E-state index is 0.266. The van der Waals surface area contributed by atoms with E-state index in [4.69, 9.17) is 4.74 Å². The first-order chi connectivity index (χ1) is 9.72. The van der Waals surface area contributed by atoms with Crippen LogP contribution in [0.5, 0.6) is 0 Å². The highest BCUT2D eigenvalue weighted by atomic mass is 32.1. The highest BCUT2D eigenvalue weighted by molar-refractivity contribution is 7.09. The summed E-state index contributed by atoms with van der Waals surface area (Å²) in [6.45, 7) is 2.71. The quantitative estimate of drug-likeness (QED) is 0.831. The summed E-state index contributed by atoms with van der Waals surface area (Å²) in [7, 11) is 1.41. The first kappa shape index (κ1) is 14.7. The molecule has 0 spiro atoms. The van der Waals surface area contributed by atoms with Crippen LogP contribution < -0.4 is 5.32 Å². The van der Waals surface area contributed by atoms with Crippen molar-refractivity contribution in [2.45, 2.75) is 19.4 Å². The van der Waals surface area contributed by atoms with Crippen LogP contribution in [-0.2, 0) is 16.0 Å². The fourth-order valence-corrected chi connectivity index (χ4v) is 2.78. The van der Waals surface area contributed by atoms with Gasteiger partial charge in [-0.15, -0.1) is 11.3 Å². The number of benzene rings is 1. The molecule has 0 aliphatic carbocycles. The second-order valence-electron chi connectivity index (χ2n) is 4.43. The summed E-state index contributed by atoms with van der Waals surface area (Å²) in [5.41, 5.74) is 3.83. The molecule has 2 aromatic rings. The van der Waals surface area contributed by atoms with Crippen molar-refractivity contribution in [3.05, 3.63) is 52.0 Å². The zero-order valence-electron chi connectivity index (χ0n) is 11.6. The van der Waals surface area contributed by atoms with Crippen molar-refractivity contribution in [2.75, 3.05) is 13.7 Å². The second-order valence-corrected chi connectivity index (χ2v) is 5.37. The largest absolute Gasteiger partial charge is 0.468 e. The van der Waals surface area contributed by atoms with Gasteiger partial charge in [-0.1, -0.05) is 30.3 Å². The van der Waals surface area contributed by atoms with Crippen LogP contribution in [0.1, 0.15) is 22.2 Å². The van der Waals surface area contributed by atoms with E-state index in [9.17, 15) is 4.79 Å². The van der Waals surface area contributed by atoms with E-state index in [-0.39, 0.29) is 5.97 Å². The van der Waals surface area contributed by atoms with E-state index >= 15 is 0 Å². The van der Waals surface area contributed by atoms with Gasteiger partial charge in [0.05, 0.1) is 18.3 Å². The number of hydrogen-bond donors (Lipinski definition) is 1. The summed E-state index contributed by atoms with van der Waals surface area (Å²) in [4.78, 5) is 17.3. The summed E-state index contributed by atoms with van der Waals surface area (Å²) in [6, 6.07) is 9.19. The Kier molecular flexibility index (Phi) is 5.26. The molecule has 106 valence electrons. The van der Waals surface area contributed by atoms with Crippen LogP contribution in [0.4, 0.5) is 0 Å². The predicted molar refractivity (Wildman–Crippen MR) is 79.8 cm³/mol. The van der Waals surface area contributed by atoms with Gasteiger partial charge in [-0.25, -0.2) is 9.78 Å². The number of aromatic nitrogens is 1. The van der Waals surface area contributed by atoms with Gasteiger partial charge in [-0.05, 0) is 18.9 Å². The normalized spacial score (nSPS) is 12.1. The minimum atomic E-state index is -0.422. The van der Waals surface area contributed by atoms with E-state index in [1.54, 1.807) is 11.3 Å². The fourth-order valence-electron chi connectivity index (χ4n) is 2.00. The second kappa shape index (κ2) is 7.17. The van der Waals surface area contributed by atoms with Crippen LogP contribution in [0.15, 0.2) is 35.8 Å². The molecule has 0 aliphatic rings. The number of rotatable bonds is 6. The lowest BCUT2D eigenvalue weighted by Crippen LogP contribution is -2.31. The molecule has 1 aromatic heterocycles. The van der Waals surface area contributed by atoms with Gasteiger partial charge in [0, 0.05) is 11.4 Å². The Balaban J connectivity index is 1.99. The maximum absolute atomic E-state index is 11.9. The summed E-state index contributed by atoms with van der Waals surface area (Å²) < 4.78 is 4.87. The Morgan fingerprint density at radius 3 is 2.75 bits per heavy atom. The topological polar surface area (TPSA) is 51.2 Å². The molecule has 5 heteroatoms. The van der Waals surface area contributed by atoms with Crippen LogP contribution in [0.25, 0.3) is 0 Å². The van der Waals surface area contributed by atoms with Crippen molar-refractivity contribution in [1.29, 1.82) is 0 Å². The lowest BCUT2D eigenvalue weighted by atomic mass is 10.1. The molecule has 0 radical (unpaired) electrons. The van der Waals surface area contributed by atoms with Crippen LogP contribution in [0, 0.1) is 6.92 Å². The number of nitrogens with one attached hydrogen (secondary N) is 1. The Morgan fingerprint density at radius 2 is 2.15 bits per heavy atom. The lowest BCUT2D eigenvalue weighted by molar-refractivity contribution is -0.143. The summed E-state index contributed by atoms with van der Waals surface area (Å²) in [5.74, 6) is -0.266. The molecule has 1 heterocycles. The standard InChI is InChI=1S/C15H18N2O2S/c1-11-13(20-10-17-11)8-9-16-14(15(18)19-2)12-6-4-3-5-7-12/h3-7,10,14,16H,8-9H2,1-2H3. The molecule has 20 heavy (non-hydrogen) atoms. The van der Waals surface area contributed by atoms with Gasteiger partial charge in [0.25, 0.3) is 0 Å². The van der Waals surface area contributed by atoms with Crippen LogP contribution in [-0.4, -0.2) is 24.6 Å². The van der Waals surface area contributed by atoms with E-state index in [1.165, 1.54) is 12.0 Å². The molecule has 0 aliphatic heterocycles. The average molecular weight is 290 g/mol. The lowest BCUT2D eigenvalue weighted by Gasteiger charge is -2.16. The molecule has 1 unspecified atom stereocenters. The van der Waals surface area contributed by atoms with Gasteiger partial charge >= 0.3 is 5.97 Å². The first-order valence-electron chi connectivity index (χ1n) is 6.47. The van der Waals surface area contributed by atoms with E-state index in [0.717, 1.165) is 17.7 Å². The molecule has 0 saturated carbocycles. The van der Waals surface area contributed by atoms with Gasteiger partial charge in [0.1, 0.15) is 6.04 Å². The van der Waals surface area contributed by atoms with Gasteiger partial charge < -0.3 is 10.1 Å². The van der Waals surface area contributed by atoms with Crippen LogP contribution in [0.3, 0.4) is 0 Å². The summed E-state index contributed by atoms with van der Waals surface area (Å²) in [6.07, 6.45) is 0.858. The van der Waals surface area contributed by atoms with Crippen LogP contribution in [0.2, 0.25) is 0 Å². The number of methoxy groups -OCH3 is 1. The Morgan fingerprint density at radius 1 is 1.40 bits per heavy atom. The molecule has 2 rings (SSSR count). The van der Waals surface area contributed by atoms with Crippen molar-refractivity contribution in [2.24, 2.45) is 0 Å². The number of aryl methyl sites for hydroxylation is 1. The average Bonchev–Trinajstić information content (AvgIpc) is 2.89. The van der Waals surface area contributed by atoms with E-state index in [0.29, 0.717) is 6.54 Å². The third-order valence-corrected chi connectivity index (χ3v) is 4.11. The van der Waals surface area contributed by atoms with Crippen molar-refractivity contribution in [1.82, 2.24) is 10.3 Å². The predicted octanol–water partition coefficient (Wildman–Crippen LogP) is 2.50. The van der Waals surface area contributed by atoms with Crippen molar-refractivity contribution in [3.63, 3.8) is 0 Å². The SMILES string of the molecule is COC(=O)C(NCCc1scnc1C)c1ccccc1. The zero-order valence-corrected chi connectivity index (χ0v) is 12.4. The molecule has 0 fully saturated rings. The molecule has 1 aromatic carbocycles. The minimum Gasteiger partial charge on any atom is -0.468 e. The Bertz CT molecular complexity index is 554. The molecular formula is C15H18N2O2S. The van der Waals surface area contributed by atoms with Gasteiger partial charge in [-0.2, -0.15) is 0 Å².